The van der Waals surface area contributed by atoms with E-state index in [0.29, 0.717) is 32.1 Å². The predicted molar refractivity (Wildman–Crippen MR) is 73.4 cm³/mol. The van der Waals surface area contributed by atoms with Crippen molar-refractivity contribution in [2.75, 3.05) is 39.0 Å². The molecule has 2 aliphatic heterocycles. The first-order valence-electron chi connectivity index (χ1n) is 6.55. The number of hydrogen-bond donors (Lipinski definition) is 2. The molecular formula is C11H22N4O3S. The third kappa shape index (κ3) is 4.32. The lowest BCUT2D eigenvalue weighted by atomic mass is 10.0. The lowest BCUT2D eigenvalue weighted by molar-refractivity contribution is 0.114. The van der Waals surface area contributed by atoms with Crippen LogP contribution in [0.3, 0.4) is 0 Å². The Morgan fingerprint density at radius 2 is 2.26 bits per heavy atom. The number of rotatable bonds is 5. The van der Waals surface area contributed by atoms with Crippen LogP contribution in [0, 0.1) is 5.92 Å². The number of nitrogens with two attached hydrogens (primary N) is 1. The van der Waals surface area contributed by atoms with Crippen LogP contribution in [0.25, 0.3) is 0 Å². The Balaban J connectivity index is 1.63. The Labute approximate surface area is 114 Å². The van der Waals surface area contributed by atoms with Gasteiger partial charge in [0.1, 0.15) is 0 Å². The SMILES string of the molecule is CS(=O)(=O)N1CC(CN=C(N)NCC2CCCO2)C1. The zero-order valence-corrected chi connectivity index (χ0v) is 12.0. The molecule has 1 unspecified atom stereocenters. The van der Waals surface area contributed by atoms with Crippen molar-refractivity contribution in [1.29, 1.82) is 0 Å². The summed E-state index contributed by atoms with van der Waals surface area (Å²) in [7, 11) is -3.04. The van der Waals surface area contributed by atoms with Crippen LogP contribution in [0.15, 0.2) is 4.99 Å². The van der Waals surface area contributed by atoms with Crippen molar-refractivity contribution < 1.29 is 13.2 Å². The van der Waals surface area contributed by atoms with Gasteiger partial charge in [-0.3, -0.25) is 4.99 Å². The number of nitrogens with one attached hydrogen (secondary N) is 1. The van der Waals surface area contributed by atoms with Crippen molar-refractivity contribution in [3.63, 3.8) is 0 Å². The summed E-state index contributed by atoms with van der Waals surface area (Å²) >= 11 is 0. The average Bonchev–Trinajstić information content (AvgIpc) is 2.75. The minimum Gasteiger partial charge on any atom is -0.376 e. The van der Waals surface area contributed by atoms with Crippen LogP contribution in [0.1, 0.15) is 12.8 Å². The highest BCUT2D eigenvalue weighted by molar-refractivity contribution is 7.88. The van der Waals surface area contributed by atoms with E-state index in [-0.39, 0.29) is 12.0 Å². The van der Waals surface area contributed by atoms with Crippen molar-refractivity contribution in [3.8, 4) is 0 Å². The third-order valence-electron chi connectivity index (χ3n) is 3.45. The summed E-state index contributed by atoms with van der Waals surface area (Å²) in [5.74, 6) is 0.686. The van der Waals surface area contributed by atoms with Crippen molar-refractivity contribution in [3.05, 3.63) is 0 Å². The molecule has 0 amide bonds. The van der Waals surface area contributed by atoms with E-state index < -0.39 is 10.0 Å². The highest BCUT2D eigenvalue weighted by Crippen LogP contribution is 2.18. The van der Waals surface area contributed by atoms with Gasteiger partial charge in [-0.25, -0.2) is 12.7 Å². The van der Waals surface area contributed by atoms with E-state index >= 15 is 0 Å². The molecule has 2 rings (SSSR count). The van der Waals surface area contributed by atoms with Gasteiger partial charge in [0.2, 0.25) is 10.0 Å². The Bertz CT molecular complexity index is 425. The Hall–Kier alpha value is -0.860. The Kier molecular flexibility index (Phi) is 4.64. The highest BCUT2D eigenvalue weighted by atomic mass is 32.2. The second-order valence-corrected chi connectivity index (χ2v) is 7.17. The van der Waals surface area contributed by atoms with E-state index in [4.69, 9.17) is 10.5 Å². The minimum atomic E-state index is -3.04. The van der Waals surface area contributed by atoms with E-state index in [1.165, 1.54) is 10.6 Å². The molecule has 0 aliphatic carbocycles. The van der Waals surface area contributed by atoms with Gasteiger partial charge in [-0.15, -0.1) is 0 Å². The molecule has 0 spiro atoms. The van der Waals surface area contributed by atoms with Crippen molar-refractivity contribution in [1.82, 2.24) is 9.62 Å². The number of sulfonamides is 1. The summed E-state index contributed by atoms with van der Waals surface area (Å²) in [6.45, 7) is 3.17. The molecular weight excluding hydrogens is 268 g/mol. The molecule has 8 heteroatoms. The lowest BCUT2D eigenvalue weighted by Crippen LogP contribution is -2.50. The van der Waals surface area contributed by atoms with Crippen LogP contribution >= 0.6 is 0 Å². The van der Waals surface area contributed by atoms with Gasteiger partial charge < -0.3 is 15.8 Å². The van der Waals surface area contributed by atoms with Gasteiger partial charge in [0.25, 0.3) is 0 Å². The fourth-order valence-corrected chi connectivity index (χ4v) is 3.18. The molecule has 3 N–H and O–H groups in total. The number of aliphatic imine (C=N–C) groups is 1. The van der Waals surface area contributed by atoms with Gasteiger partial charge in [0.05, 0.1) is 12.4 Å². The van der Waals surface area contributed by atoms with E-state index in [2.05, 4.69) is 10.3 Å². The molecule has 0 aromatic heterocycles. The van der Waals surface area contributed by atoms with E-state index in [9.17, 15) is 8.42 Å². The zero-order valence-electron chi connectivity index (χ0n) is 11.2. The molecule has 0 bridgehead atoms. The summed E-state index contributed by atoms with van der Waals surface area (Å²) in [6.07, 6.45) is 3.63. The van der Waals surface area contributed by atoms with Gasteiger partial charge in [0.15, 0.2) is 5.96 Å². The average molecular weight is 290 g/mol. The molecule has 2 saturated heterocycles. The molecule has 2 aliphatic rings. The first kappa shape index (κ1) is 14.5. The van der Waals surface area contributed by atoms with Crippen molar-refractivity contribution in [2.45, 2.75) is 18.9 Å². The first-order valence-corrected chi connectivity index (χ1v) is 8.40. The van der Waals surface area contributed by atoms with Crippen LogP contribution in [-0.4, -0.2) is 63.8 Å². The van der Waals surface area contributed by atoms with Gasteiger partial charge in [-0.2, -0.15) is 0 Å². The molecule has 0 saturated carbocycles. The summed E-state index contributed by atoms with van der Waals surface area (Å²) < 4.78 is 29.3. The van der Waals surface area contributed by atoms with E-state index in [1.54, 1.807) is 0 Å². The second kappa shape index (κ2) is 6.06. The minimum absolute atomic E-state index is 0.234. The second-order valence-electron chi connectivity index (χ2n) is 5.19. The molecule has 2 fully saturated rings. The van der Waals surface area contributed by atoms with Gasteiger partial charge in [-0.1, -0.05) is 0 Å². The number of ether oxygens (including phenoxy) is 1. The Morgan fingerprint density at radius 1 is 1.53 bits per heavy atom. The molecule has 1 atom stereocenters. The van der Waals surface area contributed by atoms with Crippen LogP contribution in [0.5, 0.6) is 0 Å². The third-order valence-corrected chi connectivity index (χ3v) is 4.68. The summed E-state index contributed by atoms with van der Waals surface area (Å²) in [4.78, 5) is 4.23. The number of hydrogen-bond acceptors (Lipinski definition) is 4. The normalized spacial score (nSPS) is 26.4. The van der Waals surface area contributed by atoms with Crippen LogP contribution in [0.4, 0.5) is 0 Å². The zero-order chi connectivity index (χ0) is 13.9. The standard InChI is InChI=1S/C11H22N4O3S/c1-19(16,17)15-7-9(8-15)5-13-11(12)14-6-10-3-2-4-18-10/h9-10H,2-8H2,1H3,(H3,12,13,14). The quantitative estimate of drug-likeness (QED) is 0.498. The topological polar surface area (TPSA) is 97.0 Å². The van der Waals surface area contributed by atoms with E-state index in [1.807, 2.05) is 0 Å². The molecule has 7 nitrogen and oxygen atoms in total. The Morgan fingerprint density at radius 3 is 2.84 bits per heavy atom. The largest absolute Gasteiger partial charge is 0.376 e. The molecule has 2 heterocycles. The van der Waals surface area contributed by atoms with Crippen molar-refractivity contribution >= 4 is 16.0 Å². The maximum absolute atomic E-state index is 11.2. The molecule has 110 valence electrons. The van der Waals surface area contributed by atoms with Crippen molar-refractivity contribution in [2.24, 2.45) is 16.6 Å². The number of guanidine groups is 1. The van der Waals surface area contributed by atoms with Gasteiger partial charge >= 0.3 is 0 Å². The number of nitrogens with zero attached hydrogens (tertiary/aromatic N) is 2. The van der Waals surface area contributed by atoms with Crippen LogP contribution < -0.4 is 11.1 Å². The summed E-state index contributed by atoms with van der Waals surface area (Å²) in [6, 6.07) is 0. The smallest absolute Gasteiger partial charge is 0.211 e. The van der Waals surface area contributed by atoms with Gasteiger partial charge in [-0.05, 0) is 12.8 Å². The van der Waals surface area contributed by atoms with E-state index in [0.717, 1.165) is 19.4 Å². The molecule has 0 radical (unpaired) electrons. The first-order chi connectivity index (χ1) is 8.95. The maximum atomic E-state index is 11.2. The summed E-state index contributed by atoms with van der Waals surface area (Å²) in [5.41, 5.74) is 5.75. The molecule has 0 aromatic rings. The fraction of sp³-hybridized carbons (Fsp3) is 0.909. The highest BCUT2D eigenvalue weighted by Gasteiger charge is 2.32. The van der Waals surface area contributed by atoms with Crippen LogP contribution in [-0.2, 0) is 14.8 Å². The maximum Gasteiger partial charge on any atom is 0.211 e. The molecule has 0 aromatic carbocycles. The van der Waals surface area contributed by atoms with Crippen LogP contribution in [0.2, 0.25) is 0 Å². The monoisotopic (exact) mass is 290 g/mol. The fourth-order valence-electron chi connectivity index (χ4n) is 2.22. The molecule has 19 heavy (non-hydrogen) atoms. The summed E-state index contributed by atoms with van der Waals surface area (Å²) in [5, 5.41) is 3.04. The predicted octanol–water partition coefficient (Wildman–Crippen LogP) is -1.04. The lowest BCUT2D eigenvalue weighted by Gasteiger charge is -2.36. The van der Waals surface area contributed by atoms with Gasteiger partial charge in [0, 0.05) is 38.7 Å².